The number of amides is 11. The highest BCUT2D eigenvalue weighted by Gasteiger charge is 2.40. The molecule has 11 amide bonds. The zero-order valence-electron chi connectivity index (χ0n) is 41.0. The van der Waals surface area contributed by atoms with Crippen LogP contribution in [-0.4, -0.2) is 89.6 Å². The Morgan fingerprint density at radius 2 is 1.15 bits per heavy atom. The molecule has 2 saturated heterocycles. The molecular weight excluding hydrogens is 999 g/mol. The molecule has 1 N–H and O–H groups in total. The Morgan fingerprint density at radius 1 is 0.589 bits per heavy atom. The van der Waals surface area contributed by atoms with Gasteiger partial charge in [-0.05, 0) is 111 Å². The number of hydrazone groups is 1. The fraction of sp³-hybridized carbons (Fsp3) is 0.245. The van der Waals surface area contributed by atoms with Crippen LogP contribution in [0.3, 0.4) is 0 Å². The number of rotatable bonds is 6. The normalized spacial score (nSPS) is 15.3. The lowest BCUT2D eigenvalue weighted by atomic mass is 10.1. The third-order valence-corrected chi connectivity index (χ3v) is 12.5. The van der Waals surface area contributed by atoms with E-state index in [0.717, 1.165) is 70.9 Å². The molecule has 378 valence electrons. The Labute approximate surface area is 436 Å². The molecule has 5 aromatic rings. The first-order valence-electron chi connectivity index (χ1n) is 22.7. The molecule has 0 bridgehead atoms. The maximum atomic E-state index is 12.8. The van der Waals surface area contributed by atoms with Crippen molar-refractivity contribution < 1.29 is 43.2 Å². The van der Waals surface area contributed by atoms with Gasteiger partial charge in [0, 0.05) is 42.7 Å². The van der Waals surface area contributed by atoms with Crippen LogP contribution in [0.1, 0.15) is 60.4 Å². The summed E-state index contributed by atoms with van der Waals surface area (Å²) in [6.45, 7) is 10.1. The number of hydrogen-bond acceptors (Lipinski definition) is 10. The predicted octanol–water partition coefficient (Wildman–Crippen LogP) is 9.60. The molecule has 4 aliphatic rings. The lowest BCUT2D eigenvalue weighted by Gasteiger charge is -2.33. The second-order valence-corrected chi connectivity index (χ2v) is 18.6. The minimum absolute atomic E-state index is 0.137. The molecule has 0 spiro atoms. The van der Waals surface area contributed by atoms with Crippen molar-refractivity contribution in [1.82, 2.24) is 9.80 Å². The van der Waals surface area contributed by atoms with Gasteiger partial charge in [-0.1, -0.05) is 95.5 Å². The smallest absolute Gasteiger partial charge is 0.325 e. The van der Waals surface area contributed by atoms with Gasteiger partial charge in [0.15, 0.2) is 0 Å². The Morgan fingerprint density at radius 3 is 1.77 bits per heavy atom. The minimum atomic E-state index is -0.633. The predicted molar refractivity (Wildman–Crippen MR) is 281 cm³/mol. The van der Waals surface area contributed by atoms with Crippen molar-refractivity contribution in [3.8, 4) is 0 Å². The summed E-state index contributed by atoms with van der Waals surface area (Å²) < 4.78 is 0. The quantitative estimate of drug-likeness (QED) is 0.161. The van der Waals surface area contributed by atoms with E-state index in [-0.39, 0.29) is 43.4 Å². The number of carbonyl (C=O) groups is 9. The molecule has 73 heavy (non-hydrogen) atoms. The number of imide groups is 4. The van der Waals surface area contributed by atoms with E-state index >= 15 is 0 Å². The van der Waals surface area contributed by atoms with Gasteiger partial charge in [0.2, 0.25) is 35.4 Å². The summed E-state index contributed by atoms with van der Waals surface area (Å²) in [5.74, 6) is -2.47. The first-order chi connectivity index (χ1) is 34.6. The molecule has 4 aliphatic heterocycles. The summed E-state index contributed by atoms with van der Waals surface area (Å²) in [4.78, 5) is 112. The number of para-hydroxylation sites is 2. The van der Waals surface area contributed by atoms with E-state index in [0.29, 0.717) is 38.7 Å². The van der Waals surface area contributed by atoms with E-state index in [1.54, 1.807) is 48.2 Å². The molecular formula is C53H51Cl3N8O9. The number of barbiturate groups is 2. The van der Waals surface area contributed by atoms with Gasteiger partial charge in [-0.3, -0.25) is 43.4 Å². The van der Waals surface area contributed by atoms with Crippen LogP contribution in [0.4, 0.5) is 38.0 Å². The van der Waals surface area contributed by atoms with Crippen molar-refractivity contribution in [3.63, 3.8) is 0 Å². The molecule has 5 aromatic carbocycles. The molecule has 0 radical (unpaired) electrons. The number of aryl methyl sites for hydroxylation is 4. The molecule has 17 nitrogen and oxygen atoms in total. The van der Waals surface area contributed by atoms with Crippen molar-refractivity contribution in [3.05, 3.63) is 146 Å². The number of hydrogen-bond donors (Lipinski definition) is 1. The average molecular weight is 1050 g/mol. The molecule has 2 fully saturated rings. The number of nitrogens with zero attached hydrogens (tertiary/aromatic N) is 7. The highest BCUT2D eigenvalue weighted by Crippen LogP contribution is 2.38. The highest BCUT2D eigenvalue weighted by molar-refractivity contribution is 6.42. The Balaban J connectivity index is 0.000000164. The summed E-state index contributed by atoms with van der Waals surface area (Å²) in [7, 11) is 2.71. The third-order valence-electron chi connectivity index (χ3n) is 11.7. The van der Waals surface area contributed by atoms with E-state index in [2.05, 4.69) is 10.4 Å². The fourth-order valence-corrected chi connectivity index (χ4v) is 8.77. The van der Waals surface area contributed by atoms with Crippen LogP contribution in [0.5, 0.6) is 0 Å². The van der Waals surface area contributed by atoms with Gasteiger partial charge in [-0.2, -0.15) is 10.1 Å². The molecule has 4 heterocycles. The Kier molecular flexibility index (Phi) is 17.7. The van der Waals surface area contributed by atoms with E-state index in [1.807, 2.05) is 82.3 Å². The first kappa shape index (κ1) is 54.6. The highest BCUT2D eigenvalue weighted by atomic mass is 35.5. The first-order valence-corrected chi connectivity index (χ1v) is 23.9. The van der Waals surface area contributed by atoms with Gasteiger partial charge in [-0.15, -0.1) is 0 Å². The monoisotopic (exact) mass is 1050 g/mol. The van der Waals surface area contributed by atoms with Crippen molar-refractivity contribution >= 4 is 122 Å². The Hall–Kier alpha value is -7.73. The van der Waals surface area contributed by atoms with Crippen LogP contribution in [0, 0.1) is 27.7 Å². The summed E-state index contributed by atoms with van der Waals surface area (Å²) in [5.41, 5.74) is 8.76. The number of fused-ring (bicyclic) bond motifs is 1. The topological polar surface area (TPSA) is 197 Å². The zero-order valence-corrected chi connectivity index (χ0v) is 43.3. The lowest BCUT2D eigenvalue weighted by molar-refractivity contribution is -0.141. The molecule has 0 atom stereocenters. The summed E-state index contributed by atoms with van der Waals surface area (Å²) in [5, 5.41) is 9.18. The van der Waals surface area contributed by atoms with Crippen molar-refractivity contribution in [2.45, 2.75) is 66.7 Å². The summed E-state index contributed by atoms with van der Waals surface area (Å²) in [6.07, 6.45) is 0.463. The van der Waals surface area contributed by atoms with E-state index in [9.17, 15) is 43.2 Å². The van der Waals surface area contributed by atoms with Crippen molar-refractivity contribution in [2.24, 2.45) is 5.10 Å². The fourth-order valence-electron chi connectivity index (χ4n) is 7.80. The molecule has 0 unspecified atom stereocenters. The molecule has 9 rings (SSSR count). The SMILES string of the molecule is CC1=NN(c2c(Cl)cc(Cl)cc2Cl)C(=O)C1.CN1C(=O)CC(=O)N(C)C1=O.Cc1ccc(C)c(N2C(=O)CC(=O)N(c3ccccc3)C2=O)c1.Cc1ccc(C)c(NC(=O)CC(=O)N2CCc3ccccc32)c1. The van der Waals surface area contributed by atoms with Gasteiger partial charge in [0.25, 0.3) is 5.91 Å². The van der Waals surface area contributed by atoms with Crippen molar-refractivity contribution in [2.75, 3.05) is 45.7 Å². The molecule has 0 saturated carbocycles. The minimum Gasteiger partial charge on any atom is -0.325 e. The molecule has 0 aromatic heterocycles. The second-order valence-electron chi connectivity index (χ2n) is 17.3. The number of nitrogens with one attached hydrogen (secondary N) is 1. The van der Waals surface area contributed by atoms with Crippen LogP contribution in [0.25, 0.3) is 0 Å². The Bertz CT molecular complexity index is 3050. The van der Waals surface area contributed by atoms with E-state index in [1.165, 1.54) is 31.2 Å². The standard InChI is InChI=1S/C19H20N2O2.C18H16N2O3.C10H7Cl3N2O.C6H8N2O3/c1-13-7-8-14(2)16(11-13)20-18(22)12-19(23)21-10-9-15-5-3-4-6-17(15)21;1-12-8-9-13(2)15(10-12)20-17(22)11-16(21)19(18(20)23)14-6-4-3-5-7-14;1-5-2-9(16)15(14-5)10-7(12)3-6(11)4-8(10)13;1-7-4(9)3-5(10)8(2)6(7)11/h3-8,11H,9-10,12H2,1-2H3,(H,20,22);3-10H,11H2,1-2H3;3-4H,2H2,1H3;3H2,1-2H3. The molecule has 20 heteroatoms. The van der Waals surface area contributed by atoms with Gasteiger partial charge < -0.3 is 10.2 Å². The van der Waals surface area contributed by atoms with Gasteiger partial charge >= 0.3 is 12.1 Å². The van der Waals surface area contributed by atoms with Crippen LogP contribution in [-0.2, 0) is 40.0 Å². The van der Waals surface area contributed by atoms with E-state index < -0.39 is 35.7 Å². The number of carbonyl (C=O) groups excluding carboxylic acids is 9. The van der Waals surface area contributed by atoms with Crippen molar-refractivity contribution in [1.29, 1.82) is 0 Å². The summed E-state index contributed by atoms with van der Waals surface area (Å²) in [6, 6.07) is 29.8. The molecule has 0 aliphatic carbocycles. The average Bonchev–Trinajstić information content (AvgIpc) is 3.92. The zero-order chi connectivity index (χ0) is 53.4. The van der Waals surface area contributed by atoms with Gasteiger partial charge in [-0.25, -0.2) is 19.4 Å². The maximum absolute atomic E-state index is 12.8. The van der Waals surface area contributed by atoms with Crippen LogP contribution < -0.4 is 25.0 Å². The van der Waals surface area contributed by atoms with Crippen LogP contribution >= 0.6 is 34.8 Å². The summed E-state index contributed by atoms with van der Waals surface area (Å²) >= 11 is 17.8. The van der Waals surface area contributed by atoms with Gasteiger partial charge in [0.1, 0.15) is 24.9 Å². The number of halogens is 3. The number of urea groups is 2. The third kappa shape index (κ3) is 13.0. The van der Waals surface area contributed by atoms with Crippen LogP contribution in [0.15, 0.2) is 108 Å². The maximum Gasteiger partial charge on any atom is 0.342 e. The second kappa shape index (κ2) is 23.7. The van der Waals surface area contributed by atoms with Crippen LogP contribution in [0.2, 0.25) is 15.1 Å². The van der Waals surface area contributed by atoms with Gasteiger partial charge in [0.05, 0.1) is 27.8 Å². The van der Waals surface area contributed by atoms with E-state index in [4.69, 9.17) is 34.8 Å². The largest absolute Gasteiger partial charge is 0.342 e. The number of anilines is 5. The number of benzene rings is 5. The lowest BCUT2D eigenvalue weighted by Crippen LogP contribution is -2.55.